The van der Waals surface area contributed by atoms with Crippen molar-refractivity contribution in [2.45, 2.75) is 46.1 Å². The van der Waals surface area contributed by atoms with Crippen molar-refractivity contribution in [2.24, 2.45) is 0 Å². The molecule has 1 aromatic carbocycles. The highest BCUT2D eigenvalue weighted by molar-refractivity contribution is 5.34. The molecule has 0 aliphatic rings. The average Bonchev–Trinajstić information content (AvgIpc) is 2.36. The highest BCUT2D eigenvalue weighted by Gasteiger charge is 2.12. The van der Waals surface area contributed by atoms with Gasteiger partial charge in [0.25, 0.3) is 0 Å². The third kappa shape index (κ3) is 5.75. The molecule has 2 nitrogen and oxygen atoms in total. The summed E-state index contributed by atoms with van der Waals surface area (Å²) >= 11 is 0. The van der Waals surface area contributed by atoms with Crippen LogP contribution in [0.2, 0.25) is 0 Å². The number of aryl methyl sites for hydroxylation is 2. The fourth-order valence-electron chi connectivity index (χ4n) is 2.46. The molecule has 0 saturated carbocycles. The molecule has 1 N–H and O–H groups in total. The van der Waals surface area contributed by atoms with E-state index in [0.717, 1.165) is 19.5 Å². The lowest BCUT2D eigenvalue weighted by atomic mass is 9.95. The summed E-state index contributed by atoms with van der Waals surface area (Å²) in [5.41, 5.74) is 4.37. The first-order valence-corrected chi connectivity index (χ1v) is 7.47. The van der Waals surface area contributed by atoms with Crippen LogP contribution in [0.15, 0.2) is 18.2 Å². The van der Waals surface area contributed by atoms with E-state index in [1.807, 2.05) is 0 Å². The maximum Gasteiger partial charge on any atom is 0.0120 e. The molecule has 0 aliphatic heterocycles. The molecule has 0 aromatic heterocycles. The van der Waals surface area contributed by atoms with Crippen LogP contribution in [0.3, 0.4) is 0 Å². The molecule has 108 valence electrons. The first-order chi connectivity index (χ1) is 9.04. The van der Waals surface area contributed by atoms with Crippen molar-refractivity contribution in [1.29, 1.82) is 0 Å². The second-order valence-corrected chi connectivity index (χ2v) is 5.82. The summed E-state index contributed by atoms with van der Waals surface area (Å²) in [7, 11) is 4.30. The molecule has 0 spiro atoms. The van der Waals surface area contributed by atoms with Crippen molar-refractivity contribution in [3.8, 4) is 0 Å². The van der Waals surface area contributed by atoms with Crippen molar-refractivity contribution < 1.29 is 0 Å². The van der Waals surface area contributed by atoms with Crippen LogP contribution in [-0.4, -0.2) is 38.1 Å². The largest absolute Gasteiger partial charge is 0.314 e. The zero-order valence-electron chi connectivity index (χ0n) is 13.3. The Morgan fingerprint density at radius 2 is 1.79 bits per heavy atom. The Labute approximate surface area is 119 Å². The second-order valence-electron chi connectivity index (χ2n) is 5.82. The van der Waals surface area contributed by atoms with Crippen LogP contribution < -0.4 is 5.32 Å². The minimum atomic E-state index is 0.585. The molecular formula is C17H30N2. The Bertz CT molecular complexity index is 351. The van der Waals surface area contributed by atoms with E-state index in [2.05, 4.69) is 63.3 Å². The first kappa shape index (κ1) is 16.2. The molecule has 1 aromatic rings. The topological polar surface area (TPSA) is 15.3 Å². The molecule has 0 amide bonds. The van der Waals surface area contributed by atoms with Crippen LogP contribution in [0.1, 0.15) is 36.5 Å². The molecule has 19 heavy (non-hydrogen) atoms. The van der Waals surface area contributed by atoms with E-state index >= 15 is 0 Å². The number of rotatable bonds is 8. The average molecular weight is 262 g/mol. The van der Waals surface area contributed by atoms with Gasteiger partial charge in [-0.3, -0.25) is 0 Å². The van der Waals surface area contributed by atoms with E-state index in [4.69, 9.17) is 0 Å². The number of nitrogens with one attached hydrogen (secondary N) is 1. The van der Waals surface area contributed by atoms with Crippen molar-refractivity contribution in [2.75, 3.05) is 27.2 Å². The lowest BCUT2D eigenvalue weighted by Gasteiger charge is -2.22. The minimum absolute atomic E-state index is 0.585. The Balaban J connectivity index is 2.69. The van der Waals surface area contributed by atoms with Gasteiger partial charge in [0.05, 0.1) is 0 Å². The molecule has 0 saturated heterocycles. The summed E-state index contributed by atoms with van der Waals surface area (Å²) in [6.07, 6.45) is 3.55. The molecule has 2 heteroatoms. The summed E-state index contributed by atoms with van der Waals surface area (Å²) in [6.45, 7) is 8.95. The molecule has 1 atom stereocenters. The monoisotopic (exact) mass is 262 g/mol. The van der Waals surface area contributed by atoms with Gasteiger partial charge in [0.15, 0.2) is 0 Å². The third-order valence-electron chi connectivity index (χ3n) is 3.70. The van der Waals surface area contributed by atoms with Gasteiger partial charge < -0.3 is 10.2 Å². The smallest absolute Gasteiger partial charge is 0.0120 e. The number of benzene rings is 1. The van der Waals surface area contributed by atoms with Gasteiger partial charge in [-0.15, -0.1) is 0 Å². The predicted octanol–water partition coefficient (Wildman–Crippen LogP) is 3.17. The number of nitrogens with zero attached hydrogens (tertiary/aromatic N) is 1. The summed E-state index contributed by atoms with van der Waals surface area (Å²) in [5, 5.41) is 3.70. The Morgan fingerprint density at radius 3 is 2.32 bits per heavy atom. The molecule has 0 fully saturated rings. The van der Waals surface area contributed by atoms with Crippen LogP contribution in [0.25, 0.3) is 0 Å². The second kappa shape index (κ2) is 8.34. The van der Waals surface area contributed by atoms with Gasteiger partial charge in [0, 0.05) is 6.04 Å². The van der Waals surface area contributed by atoms with Gasteiger partial charge in [-0.25, -0.2) is 0 Å². The fourth-order valence-corrected chi connectivity index (χ4v) is 2.46. The molecule has 1 unspecified atom stereocenters. The fraction of sp³-hybridized carbons (Fsp3) is 0.647. The normalized spacial score (nSPS) is 12.9. The number of hydrogen-bond donors (Lipinski definition) is 1. The van der Waals surface area contributed by atoms with Gasteiger partial charge in [-0.05, 0) is 77.0 Å². The van der Waals surface area contributed by atoms with Crippen molar-refractivity contribution >= 4 is 0 Å². The van der Waals surface area contributed by atoms with Gasteiger partial charge in [0.1, 0.15) is 0 Å². The van der Waals surface area contributed by atoms with E-state index in [9.17, 15) is 0 Å². The predicted molar refractivity (Wildman–Crippen MR) is 84.9 cm³/mol. The van der Waals surface area contributed by atoms with E-state index < -0.39 is 0 Å². The summed E-state index contributed by atoms with van der Waals surface area (Å²) in [6, 6.07) is 7.20. The van der Waals surface area contributed by atoms with E-state index in [1.165, 1.54) is 29.5 Å². The van der Waals surface area contributed by atoms with Crippen LogP contribution >= 0.6 is 0 Å². The van der Waals surface area contributed by atoms with E-state index in [1.54, 1.807) is 0 Å². The highest BCUT2D eigenvalue weighted by atomic mass is 15.1. The summed E-state index contributed by atoms with van der Waals surface area (Å²) in [5.74, 6) is 0. The van der Waals surface area contributed by atoms with Gasteiger partial charge >= 0.3 is 0 Å². The van der Waals surface area contributed by atoms with Gasteiger partial charge in [-0.2, -0.15) is 0 Å². The SMILES string of the molecule is CCCNC(CCN(C)C)Cc1c(C)cccc1C. The summed E-state index contributed by atoms with van der Waals surface area (Å²) in [4.78, 5) is 2.27. The van der Waals surface area contributed by atoms with Crippen molar-refractivity contribution in [3.05, 3.63) is 34.9 Å². The van der Waals surface area contributed by atoms with Gasteiger partial charge in [-0.1, -0.05) is 25.1 Å². The maximum absolute atomic E-state index is 3.70. The maximum atomic E-state index is 3.70. The molecule has 0 aliphatic carbocycles. The molecule has 0 bridgehead atoms. The highest BCUT2D eigenvalue weighted by Crippen LogP contribution is 2.16. The van der Waals surface area contributed by atoms with Crippen LogP contribution in [-0.2, 0) is 6.42 Å². The zero-order chi connectivity index (χ0) is 14.3. The quantitative estimate of drug-likeness (QED) is 0.774. The van der Waals surface area contributed by atoms with E-state index in [-0.39, 0.29) is 0 Å². The standard InChI is InChI=1S/C17H30N2/c1-6-11-18-16(10-12-19(4)5)13-17-14(2)8-7-9-15(17)3/h7-9,16,18H,6,10-13H2,1-5H3. The number of hydrogen-bond acceptors (Lipinski definition) is 2. The van der Waals surface area contributed by atoms with E-state index in [0.29, 0.717) is 6.04 Å². The van der Waals surface area contributed by atoms with Crippen molar-refractivity contribution in [3.63, 3.8) is 0 Å². The first-order valence-electron chi connectivity index (χ1n) is 7.47. The molecular weight excluding hydrogens is 232 g/mol. The molecule has 0 radical (unpaired) electrons. The Hall–Kier alpha value is -0.860. The Kier molecular flexibility index (Phi) is 7.11. The molecule has 1 rings (SSSR count). The lowest BCUT2D eigenvalue weighted by molar-refractivity contribution is 0.356. The third-order valence-corrected chi connectivity index (χ3v) is 3.70. The summed E-state index contributed by atoms with van der Waals surface area (Å²) < 4.78 is 0. The van der Waals surface area contributed by atoms with Crippen molar-refractivity contribution in [1.82, 2.24) is 10.2 Å². The Morgan fingerprint density at radius 1 is 1.16 bits per heavy atom. The van der Waals surface area contributed by atoms with Gasteiger partial charge in [0.2, 0.25) is 0 Å². The molecule has 0 heterocycles. The lowest BCUT2D eigenvalue weighted by Crippen LogP contribution is -2.35. The van der Waals surface area contributed by atoms with Crippen LogP contribution in [0, 0.1) is 13.8 Å². The van der Waals surface area contributed by atoms with Crippen LogP contribution in [0.4, 0.5) is 0 Å². The zero-order valence-corrected chi connectivity index (χ0v) is 13.3. The minimum Gasteiger partial charge on any atom is -0.314 e. The van der Waals surface area contributed by atoms with Crippen LogP contribution in [0.5, 0.6) is 0 Å².